The molecule has 2 aromatic rings. The molecule has 2 aromatic carbocycles. The van der Waals surface area contributed by atoms with Gasteiger partial charge in [-0.15, -0.1) is 12.3 Å². The minimum atomic E-state index is -1.47. The maximum atomic E-state index is 12.6. The number of benzene rings is 2. The quantitative estimate of drug-likeness (QED) is 0.553. The molecule has 0 spiro atoms. The first-order valence-electron chi connectivity index (χ1n) is 10.4. The van der Waals surface area contributed by atoms with Crippen LogP contribution in [0.2, 0.25) is 0 Å². The molecule has 0 heterocycles. The fraction of sp³-hybridized carbons (Fsp3) is 0.320. The highest BCUT2D eigenvalue weighted by atomic mass is 16.5. The molecule has 0 fully saturated rings. The lowest BCUT2D eigenvalue weighted by atomic mass is 9.98. The number of aliphatic carboxylic acids is 1. The molecule has 0 aliphatic heterocycles. The number of rotatable bonds is 8. The van der Waals surface area contributed by atoms with Crippen LogP contribution in [0.1, 0.15) is 43.7 Å². The van der Waals surface area contributed by atoms with Gasteiger partial charge in [-0.2, -0.15) is 0 Å². The molecule has 0 radical (unpaired) electrons. The Morgan fingerprint density at radius 2 is 1.69 bits per heavy atom. The lowest BCUT2D eigenvalue weighted by Gasteiger charge is -2.27. The number of amides is 2. The third-order valence-electron chi connectivity index (χ3n) is 5.85. The van der Waals surface area contributed by atoms with Gasteiger partial charge >= 0.3 is 12.1 Å². The van der Waals surface area contributed by atoms with E-state index in [1.165, 1.54) is 6.92 Å². The number of fused-ring (bicyclic) bond motifs is 3. The van der Waals surface area contributed by atoms with Crippen molar-refractivity contribution in [2.24, 2.45) is 0 Å². The first-order chi connectivity index (χ1) is 15.3. The Balaban J connectivity index is 1.67. The summed E-state index contributed by atoms with van der Waals surface area (Å²) < 4.78 is 5.46. The van der Waals surface area contributed by atoms with Gasteiger partial charge in [0.05, 0.1) is 0 Å². The van der Waals surface area contributed by atoms with Crippen LogP contribution in [0, 0.1) is 12.3 Å². The molecule has 0 saturated carbocycles. The average molecular weight is 434 g/mol. The maximum Gasteiger partial charge on any atom is 0.407 e. The maximum absolute atomic E-state index is 12.6. The van der Waals surface area contributed by atoms with Crippen molar-refractivity contribution in [3.05, 3.63) is 59.7 Å². The van der Waals surface area contributed by atoms with Gasteiger partial charge in [0.15, 0.2) is 0 Å². The second kappa shape index (κ2) is 9.56. The number of alkyl carbamates (subject to hydrolysis) is 1. The molecule has 0 aromatic heterocycles. The second-order valence-corrected chi connectivity index (χ2v) is 7.91. The van der Waals surface area contributed by atoms with Crippen LogP contribution in [-0.4, -0.2) is 41.3 Å². The number of carbonyl (C=O) groups excluding carboxylic acids is 2. The highest BCUT2D eigenvalue weighted by Gasteiger charge is 2.35. The highest BCUT2D eigenvalue weighted by molar-refractivity contribution is 5.91. The van der Waals surface area contributed by atoms with Crippen LogP contribution >= 0.6 is 0 Å². The number of carboxylic acid groups (broad SMARTS) is 1. The SMILES string of the molecule is C#CCC(NC(=O)OCC1c2ccccc2-c2ccccc21)C(=O)NC(C)(CC)C(=O)O. The molecule has 7 heteroatoms. The molecule has 3 rings (SSSR count). The van der Waals surface area contributed by atoms with Crippen LogP contribution in [0.4, 0.5) is 4.79 Å². The third kappa shape index (κ3) is 4.59. The molecule has 3 N–H and O–H groups in total. The Morgan fingerprint density at radius 3 is 2.19 bits per heavy atom. The Morgan fingerprint density at radius 1 is 1.12 bits per heavy atom. The number of hydrogen-bond acceptors (Lipinski definition) is 4. The molecule has 2 atom stereocenters. The topological polar surface area (TPSA) is 105 Å². The predicted octanol–water partition coefficient (Wildman–Crippen LogP) is 3.29. The van der Waals surface area contributed by atoms with E-state index in [1.807, 2.05) is 48.5 Å². The fourth-order valence-corrected chi connectivity index (χ4v) is 3.76. The lowest BCUT2D eigenvalue weighted by Crippen LogP contribution is -2.57. The molecule has 7 nitrogen and oxygen atoms in total. The van der Waals surface area contributed by atoms with Gasteiger partial charge in [-0.05, 0) is 35.6 Å². The van der Waals surface area contributed by atoms with E-state index >= 15 is 0 Å². The van der Waals surface area contributed by atoms with Gasteiger partial charge in [0.1, 0.15) is 18.2 Å². The summed E-state index contributed by atoms with van der Waals surface area (Å²) in [5, 5.41) is 14.3. The van der Waals surface area contributed by atoms with Gasteiger partial charge in [-0.3, -0.25) is 4.79 Å². The van der Waals surface area contributed by atoms with Crippen molar-refractivity contribution in [2.45, 2.75) is 44.2 Å². The molecule has 2 unspecified atom stereocenters. The summed E-state index contributed by atoms with van der Waals surface area (Å²) in [7, 11) is 0. The summed E-state index contributed by atoms with van der Waals surface area (Å²) in [5.41, 5.74) is 2.88. The van der Waals surface area contributed by atoms with Crippen LogP contribution in [0.3, 0.4) is 0 Å². The summed E-state index contributed by atoms with van der Waals surface area (Å²) in [6, 6.07) is 14.8. The van der Waals surface area contributed by atoms with Crippen molar-refractivity contribution in [1.29, 1.82) is 0 Å². The van der Waals surface area contributed by atoms with E-state index in [2.05, 4.69) is 16.6 Å². The van der Waals surface area contributed by atoms with Gasteiger partial charge < -0.3 is 20.5 Å². The van der Waals surface area contributed by atoms with Crippen molar-refractivity contribution in [1.82, 2.24) is 10.6 Å². The van der Waals surface area contributed by atoms with Gasteiger partial charge in [0.25, 0.3) is 0 Å². The molecular formula is C25H26N2O5. The molecule has 2 amide bonds. The normalized spacial score (nSPS) is 14.8. The number of carboxylic acids is 1. The lowest BCUT2D eigenvalue weighted by molar-refractivity contribution is -0.147. The van der Waals surface area contributed by atoms with Crippen molar-refractivity contribution >= 4 is 18.0 Å². The van der Waals surface area contributed by atoms with E-state index in [0.29, 0.717) is 0 Å². The summed E-state index contributed by atoms with van der Waals surface area (Å²) in [6.45, 7) is 3.13. The number of nitrogens with one attached hydrogen (secondary N) is 2. The van der Waals surface area contributed by atoms with E-state index in [1.54, 1.807) is 6.92 Å². The smallest absolute Gasteiger partial charge is 0.407 e. The average Bonchev–Trinajstić information content (AvgIpc) is 3.11. The van der Waals surface area contributed by atoms with Crippen LogP contribution in [0.15, 0.2) is 48.5 Å². The Bertz CT molecular complexity index is 1030. The van der Waals surface area contributed by atoms with Gasteiger partial charge in [-0.25, -0.2) is 9.59 Å². The Kier molecular flexibility index (Phi) is 6.84. The minimum absolute atomic E-state index is 0.0893. The Hall–Kier alpha value is -3.79. The van der Waals surface area contributed by atoms with E-state index in [4.69, 9.17) is 11.2 Å². The van der Waals surface area contributed by atoms with Crippen molar-refractivity contribution in [3.63, 3.8) is 0 Å². The van der Waals surface area contributed by atoms with Crippen molar-refractivity contribution in [3.8, 4) is 23.5 Å². The first-order valence-corrected chi connectivity index (χ1v) is 10.4. The monoisotopic (exact) mass is 434 g/mol. The zero-order chi connectivity index (χ0) is 23.3. The van der Waals surface area contributed by atoms with Crippen LogP contribution in [0.25, 0.3) is 11.1 Å². The number of ether oxygens (including phenoxy) is 1. The number of carbonyl (C=O) groups is 3. The van der Waals surface area contributed by atoms with Crippen LogP contribution < -0.4 is 10.6 Å². The largest absolute Gasteiger partial charge is 0.480 e. The highest BCUT2D eigenvalue weighted by Crippen LogP contribution is 2.44. The van der Waals surface area contributed by atoms with E-state index in [9.17, 15) is 19.5 Å². The zero-order valence-corrected chi connectivity index (χ0v) is 18.1. The second-order valence-electron chi connectivity index (χ2n) is 7.91. The molecule has 32 heavy (non-hydrogen) atoms. The summed E-state index contributed by atoms with van der Waals surface area (Å²) in [4.78, 5) is 36.6. The third-order valence-corrected chi connectivity index (χ3v) is 5.85. The Labute approximate surface area is 187 Å². The summed E-state index contributed by atoms with van der Waals surface area (Å²) >= 11 is 0. The molecule has 0 saturated heterocycles. The molecular weight excluding hydrogens is 408 g/mol. The van der Waals surface area contributed by atoms with Crippen molar-refractivity contribution < 1.29 is 24.2 Å². The van der Waals surface area contributed by atoms with Gasteiger partial charge in [0, 0.05) is 12.3 Å². The number of hydrogen-bond donors (Lipinski definition) is 3. The minimum Gasteiger partial charge on any atom is -0.480 e. The van der Waals surface area contributed by atoms with Gasteiger partial charge in [0.2, 0.25) is 5.91 Å². The number of terminal acetylenes is 1. The van der Waals surface area contributed by atoms with E-state index in [0.717, 1.165) is 22.3 Å². The predicted molar refractivity (Wildman–Crippen MR) is 120 cm³/mol. The molecule has 1 aliphatic rings. The summed E-state index contributed by atoms with van der Waals surface area (Å²) in [5.74, 6) is 0.360. The van der Waals surface area contributed by atoms with E-state index < -0.39 is 29.6 Å². The summed E-state index contributed by atoms with van der Waals surface area (Å²) in [6.07, 6.45) is 4.61. The van der Waals surface area contributed by atoms with Crippen molar-refractivity contribution in [2.75, 3.05) is 6.61 Å². The van der Waals surface area contributed by atoms with Crippen LogP contribution in [-0.2, 0) is 14.3 Å². The fourth-order valence-electron chi connectivity index (χ4n) is 3.76. The first kappa shape index (κ1) is 22.9. The molecule has 0 bridgehead atoms. The van der Waals surface area contributed by atoms with Crippen LogP contribution in [0.5, 0.6) is 0 Å². The molecule has 1 aliphatic carbocycles. The van der Waals surface area contributed by atoms with Gasteiger partial charge in [-0.1, -0.05) is 55.5 Å². The van der Waals surface area contributed by atoms with E-state index in [-0.39, 0.29) is 25.4 Å². The zero-order valence-electron chi connectivity index (χ0n) is 18.1. The standard InChI is InChI=1S/C25H26N2O5/c1-4-10-21(22(28)27-25(3,5-2)23(29)30)26-24(31)32-15-20-18-13-8-6-11-16(18)17-12-7-9-14-19(17)20/h1,6-9,11-14,20-21H,5,10,15H2,2-3H3,(H,26,31)(H,27,28)(H,29,30). The molecule has 166 valence electrons.